The van der Waals surface area contributed by atoms with Crippen LogP contribution in [0, 0.1) is 0 Å². The minimum Gasteiger partial charge on any atom is -0.426 e. The zero-order valence-electron chi connectivity index (χ0n) is 8.16. The van der Waals surface area contributed by atoms with Gasteiger partial charge in [-0.2, -0.15) is 0 Å². The van der Waals surface area contributed by atoms with E-state index in [2.05, 4.69) is 20.9 Å². The Kier molecular flexibility index (Phi) is 2.77. The third-order valence-electron chi connectivity index (χ3n) is 2.07. The molecule has 0 amide bonds. The molecule has 15 heavy (non-hydrogen) atoms. The van der Waals surface area contributed by atoms with Crippen molar-refractivity contribution in [1.82, 2.24) is 4.98 Å². The van der Waals surface area contributed by atoms with Crippen LogP contribution in [-0.4, -0.2) is 15.8 Å². The minimum atomic E-state index is -0.292. The number of alkyl halides is 1. The van der Waals surface area contributed by atoms with E-state index in [0.717, 1.165) is 10.9 Å². The monoisotopic (exact) mass is 267 g/mol. The molecule has 0 aliphatic rings. The lowest BCUT2D eigenvalue weighted by atomic mass is 10.2. The van der Waals surface area contributed by atoms with E-state index < -0.39 is 0 Å². The van der Waals surface area contributed by atoms with Gasteiger partial charge in [0.25, 0.3) is 0 Å². The van der Waals surface area contributed by atoms with E-state index in [-0.39, 0.29) is 10.8 Å². The number of esters is 1. The number of ether oxygens (including phenoxy) is 1. The number of nitrogens with one attached hydrogen (secondary N) is 1. The largest absolute Gasteiger partial charge is 0.426 e. The SMILES string of the molecule is CC(Br)C(=O)Oc1ccc2[nH]ccc2c1. The van der Waals surface area contributed by atoms with Crippen molar-refractivity contribution in [3.8, 4) is 5.75 Å². The quantitative estimate of drug-likeness (QED) is 0.517. The van der Waals surface area contributed by atoms with Crippen molar-refractivity contribution in [2.24, 2.45) is 0 Å². The van der Waals surface area contributed by atoms with E-state index in [4.69, 9.17) is 4.74 Å². The van der Waals surface area contributed by atoms with Gasteiger partial charge in [-0.3, -0.25) is 4.79 Å². The summed E-state index contributed by atoms with van der Waals surface area (Å²) in [5, 5.41) is 1.03. The van der Waals surface area contributed by atoms with Crippen LogP contribution in [0.2, 0.25) is 0 Å². The van der Waals surface area contributed by atoms with Crippen LogP contribution in [0.15, 0.2) is 30.5 Å². The Hall–Kier alpha value is -1.29. The number of carbonyl (C=O) groups excluding carboxylic acids is 1. The molecule has 0 saturated carbocycles. The van der Waals surface area contributed by atoms with Crippen molar-refractivity contribution < 1.29 is 9.53 Å². The van der Waals surface area contributed by atoms with Gasteiger partial charge < -0.3 is 9.72 Å². The zero-order valence-corrected chi connectivity index (χ0v) is 9.74. The lowest BCUT2D eigenvalue weighted by Gasteiger charge is -2.05. The summed E-state index contributed by atoms with van der Waals surface area (Å²) in [5.74, 6) is 0.281. The Labute approximate surface area is 95.6 Å². The first-order chi connectivity index (χ1) is 7.16. The van der Waals surface area contributed by atoms with Gasteiger partial charge in [0.1, 0.15) is 10.6 Å². The molecule has 0 aliphatic carbocycles. The molecule has 0 spiro atoms. The minimum absolute atomic E-state index is 0.287. The van der Waals surface area contributed by atoms with Gasteiger partial charge in [0, 0.05) is 17.1 Å². The van der Waals surface area contributed by atoms with E-state index in [1.807, 2.05) is 24.4 Å². The molecule has 1 heterocycles. The number of H-pyrrole nitrogens is 1. The standard InChI is InChI=1S/C11H10BrNO2/c1-7(12)11(14)15-9-2-3-10-8(6-9)4-5-13-10/h2-7,13H,1H3. The maximum absolute atomic E-state index is 11.3. The van der Waals surface area contributed by atoms with Gasteiger partial charge in [0.05, 0.1) is 0 Å². The molecule has 4 heteroatoms. The van der Waals surface area contributed by atoms with Crippen molar-refractivity contribution >= 4 is 32.8 Å². The Morgan fingerprint density at radius 2 is 2.27 bits per heavy atom. The highest BCUT2D eigenvalue weighted by Gasteiger charge is 2.11. The summed E-state index contributed by atoms with van der Waals surface area (Å²) in [6, 6.07) is 7.42. The Morgan fingerprint density at radius 1 is 1.47 bits per heavy atom. The maximum Gasteiger partial charge on any atom is 0.324 e. The van der Waals surface area contributed by atoms with Gasteiger partial charge >= 0.3 is 5.97 Å². The van der Waals surface area contributed by atoms with Gasteiger partial charge in [0.15, 0.2) is 0 Å². The van der Waals surface area contributed by atoms with Crippen molar-refractivity contribution in [2.45, 2.75) is 11.8 Å². The summed E-state index contributed by atoms with van der Waals surface area (Å²) in [4.78, 5) is 14.1. The number of hydrogen-bond donors (Lipinski definition) is 1. The fraction of sp³-hybridized carbons (Fsp3) is 0.182. The summed E-state index contributed by atoms with van der Waals surface area (Å²) in [6.45, 7) is 1.73. The number of halogens is 1. The molecule has 1 aromatic heterocycles. The second-order valence-corrected chi connectivity index (χ2v) is 4.64. The van der Waals surface area contributed by atoms with Crippen LogP contribution in [0.4, 0.5) is 0 Å². The maximum atomic E-state index is 11.3. The summed E-state index contributed by atoms with van der Waals surface area (Å²) >= 11 is 3.16. The van der Waals surface area contributed by atoms with E-state index in [9.17, 15) is 4.79 Å². The van der Waals surface area contributed by atoms with E-state index in [0.29, 0.717) is 5.75 Å². The van der Waals surface area contributed by atoms with Crippen LogP contribution in [0.3, 0.4) is 0 Å². The third-order valence-corrected chi connectivity index (χ3v) is 2.44. The van der Waals surface area contributed by atoms with Gasteiger partial charge in [0.2, 0.25) is 0 Å². The van der Waals surface area contributed by atoms with Crippen LogP contribution in [0.1, 0.15) is 6.92 Å². The van der Waals surface area contributed by atoms with Gasteiger partial charge in [-0.15, -0.1) is 0 Å². The molecule has 1 N–H and O–H groups in total. The van der Waals surface area contributed by atoms with Crippen LogP contribution < -0.4 is 4.74 Å². The van der Waals surface area contributed by atoms with Crippen LogP contribution in [0.5, 0.6) is 5.75 Å². The fourth-order valence-electron chi connectivity index (χ4n) is 1.29. The summed E-state index contributed by atoms with van der Waals surface area (Å²) in [6.07, 6.45) is 1.85. The molecule has 0 radical (unpaired) electrons. The number of carbonyl (C=O) groups is 1. The third kappa shape index (κ3) is 2.21. The molecular formula is C11H10BrNO2. The van der Waals surface area contributed by atoms with Crippen molar-refractivity contribution in [3.63, 3.8) is 0 Å². The number of benzene rings is 1. The van der Waals surface area contributed by atoms with Crippen molar-refractivity contribution in [1.29, 1.82) is 0 Å². The first-order valence-corrected chi connectivity index (χ1v) is 5.51. The Bertz CT molecular complexity index is 490. The highest BCUT2D eigenvalue weighted by molar-refractivity contribution is 9.10. The summed E-state index contributed by atoms with van der Waals surface area (Å²) in [5.41, 5.74) is 1.03. The molecule has 2 aromatic rings. The molecule has 0 bridgehead atoms. The average molecular weight is 268 g/mol. The lowest BCUT2D eigenvalue weighted by molar-refractivity contribution is -0.133. The van der Waals surface area contributed by atoms with E-state index in [1.165, 1.54) is 0 Å². The molecular weight excluding hydrogens is 258 g/mol. The highest BCUT2D eigenvalue weighted by Crippen LogP contribution is 2.20. The van der Waals surface area contributed by atoms with Gasteiger partial charge in [-0.1, -0.05) is 15.9 Å². The first-order valence-electron chi connectivity index (χ1n) is 4.60. The van der Waals surface area contributed by atoms with Crippen LogP contribution >= 0.6 is 15.9 Å². The summed E-state index contributed by atoms with van der Waals surface area (Å²) < 4.78 is 5.15. The Morgan fingerprint density at radius 3 is 3.00 bits per heavy atom. The van der Waals surface area contributed by atoms with Crippen molar-refractivity contribution in [2.75, 3.05) is 0 Å². The molecule has 0 aliphatic heterocycles. The molecule has 2 rings (SSSR count). The molecule has 78 valence electrons. The topological polar surface area (TPSA) is 42.1 Å². The zero-order chi connectivity index (χ0) is 10.8. The lowest BCUT2D eigenvalue weighted by Crippen LogP contribution is -2.16. The van der Waals surface area contributed by atoms with Gasteiger partial charge in [-0.25, -0.2) is 0 Å². The summed E-state index contributed by atoms with van der Waals surface area (Å²) in [7, 11) is 0. The highest BCUT2D eigenvalue weighted by atomic mass is 79.9. The number of fused-ring (bicyclic) bond motifs is 1. The smallest absolute Gasteiger partial charge is 0.324 e. The predicted molar refractivity (Wildman–Crippen MR) is 62.3 cm³/mol. The molecule has 1 unspecified atom stereocenters. The molecule has 3 nitrogen and oxygen atoms in total. The second-order valence-electron chi connectivity index (χ2n) is 3.26. The second kappa shape index (κ2) is 4.06. The van der Waals surface area contributed by atoms with Gasteiger partial charge in [-0.05, 0) is 31.2 Å². The molecule has 1 aromatic carbocycles. The van der Waals surface area contributed by atoms with E-state index >= 15 is 0 Å². The number of aromatic nitrogens is 1. The number of aromatic amines is 1. The molecule has 0 fully saturated rings. The number of rotatable bonds is 2. The Balaban J connectivity index is 2.25. The first kappa shape index (κ1) is 10.2. The van der Waals surface area contributed by atoms with E-state index in [1.54, 1.807) is 13.0 Å². The molecule has 1 atom stereocenters. The normalized spacial score (nSPS) is 12.7. The van der Waals surface area contributed by atoms with Crippen LogP contribution in [0.25, 0.3) is 10.9 Å². The number of hydrogen-bond acceptors (Lipinski definition) is 2. The predicted octanol–water partition coefficient (Wildman–Crippen LogP) is 2.86. The fourth-order valence-corrected chi connectivity index (χ4v) is 1.39. The average Bonchev–Trinajstić information content (AvgIpc) is 2.64. The van der Waals surface area contributed by atoms with Crippen LogP contribution in [-0.2, 0) is 4.79 Å². The molecule has 0 saturated heterocycles. The van der Waals surface area contributed by atoms with Crippen molar-refractivity contribution in [3.05, 3.63) is 30.5 Å².